The maximum absolute atomic E-state index is 6.80. The lowest BCUT2D eigenvalue weighted by atomic mass is 9.98. The van der Waals surface area contributed by atoms with Crippen LogP contribution in [0.2, 0.25) is 0 Å². The van der Waals surface area contributed by atoms with E-state index in [4.69, 9.17) is 9.40 Å². The Labute approximate surface area is 279 Å². The fraction of sp³-hybridized carbons (Fsp3) is 0. The van der Waals surface area contributed by atoms with Gasteiger partial charge in [-0.25, -0.2) is 0 Å². The van der Waals surface area contributed by atoms with Crippen molar-refractivity contribution in [2.24, 2.45) is 0 Å². The average Bonchev–Trinajstić information content (AvgIpc) is 3.82. The minimum atomic E-state index is 0.864. The SMILES string of the molecule is c1cnc2cc(-n3c4ccccc4c4ccc(-c5c(-n6c7ccccc7c7ccccc76)ccc6c5oc5ccccc56)cc43)cnc2c1. The van der Waals surface area contributed by atoms with Gasteiger partial charge in [-0.05, 0) is 66.2 Å². The van der Waals surface area contributed by atoms with E-state index in [0.29, 0.717) is 0 Å². The van der Waals surface area contributed by atoms with Gasteiger partial charge in [-0.1, -0.05) is 84.9 Å². The molecule has 0 aliphatic carbocycles. The first-order valence-corrected chi connectivity index (χ1v) is 16.5. The smallest absolute Gasteiger partial charge is 0.145 e. The van der Waals surface area contributed by atoms with Crippen LogP contribution < -0.4 is 0 Å². The Morgan fingerprint density at radius 1 is 0.449 bits per heavy atom. The van der Waals surface area contributed by atoms with Crippen molar-refractivity contribution in [3.05, 3.63) is 158 Å². The molecule has 0 saturated carbocycles. The van der Waals surface area contributed by atoms with Gasteiger partial charge in [-0.15, -0.1) is 0 Å². The molecule has 5 nitrogen and oxygen atoms in total. The minimum Gasteiger partial charge on any atom is -0.455 e. The third-order valence-corrected chi connectivity index (χ3v) is 10.0. The van der Waals surface area contributed by atoms with Crippen LogP contribution in [0.3, 0.4) is 0 Å². The molecule has 0 fully saturated rings. The molecule has 0 radical (unpaired) electrons. The Morgan fingerprint density at radius 3 is 1.84 bits per heavy atom. The molecule has 49 heavy (non-hydrogen) atoms. The number of hydrogen-bond donors (Lipinski definition) is 0. The van der Waals surface area contributed by atoms with Crippen LogP contribution >= 0.6 is 0 Å². The quantitative estimate of drug-likeness (QED) is 0.196. The van der Waals surface area contributed by atoms with Crippen molar-refractivity contribution >= 4 is 76.6 Å². The standard InChI is InChI=1S/C44H26N4O/c1-5-15-37-31(12-1)32-20-19-27(24-41(32)47(37)28-25-36-35(46-26-28)14-9-23-45-36)43-40(22-21-34-33-13-4-8-18-42(33)49-44(34)43)48-38-16-6-2-10-29(38)30-11-3-7-17-39(30)48/h1-26H. The largest absolute Gasteiger partial charge is 0.455 e. The van der Waals surface area contributed by atoms with E-state index in [-0.39, 0.29) is 0 Å². The zero-order valence-electron chi connectivity index (χ0n) is 26.2. The van der Waals surface area contributed by atoms with Gasteiger partial charge in [0.15, 0.2) is 0 Å². The van der Waals surface area contributed by atoms with Crippen LogP contribution in [-0.4, -0.2) is 19.1 Å². The van der Waals surface area contributed by atoms with Gasteiger partial charge in [-0.2, -0.15) is 0 Å². The molecule has 0 amide bonds. The van der Waals surface area contributed by atoms with Gasteiger partial charge in [-0.3, -0.25) is 9.97 Å². The molecule has 0 aliphatic heterocycles. The molecule has 0 aliphatic rings. The van der Waals surface area contributed by atoms with Crippen molar-refractivity contribution in [2.45, 2.75) is 0 Å². The number of pyridine rings is 2. The number of rotatable bonds is 3. The molecule has 11 rings (SSSR count). The summed E-state index contributed by atoms with van der Waals surface area (Å²) in [6, 6.07) is 51.6. The van der Waals surface area contributed by atoms with Crippen molar-refractivity contribution < 1.29 is 4.42 Å². The molecule has 11 aromatic rings. The number of para-hydroxylation sites is 4. The van der Waals surface area contributed by atoms with Crippen molar-refractivity contribution in [1.82, 2.24) is 19.1 Å². The molecule has 6 aromatic carbocycles. The molecule has 0 spiro atoms. The van der Waals surface area contributed by atoms with Crippen LogP contribution in [0.25, 0.3) is 99.1 Å². The number of hydrogen-bond acceptors (Lipinski definition) is 3. The average molecular weight is 627 g/mol. The van der Waals surface area contributed by atoms with Gasteiger partial charge in [0.25, 0.3) is 0 Å². The number of furan rings is 1. The zero-order chi connectivity index (χ0) is 32.1. The number of benzene rings is 6. The molecule has 0 unspecified atom stereocenters. The van der Waals surface area contributed by atoms with E-state index in [1.165, 1.54) is 21.5 Å². The van der Waals surface area contributed by atoms with E-state index in [1.54, 1.807) is 0 Å². The summed E-state index contributed by atoms with van der Waals surface area (Å²) in [5.74, 6) is 0. The van der Waals surface area contributed by atoms with Gasteiger partial charge >= 0.3 is 0 Å². The zero-order valence-corrected chi connectivity index (χ0v) is 26.2. The molecule has 228 valence electrons. The molecule has 0 saturated heterocycles. The summed E-state index contributed by atoms with van der Waals surface area (Å²) in [5, 5.41) is 7.02. The summed E-state index contributed by atoms with van der Waals surface area (Å²) in [5.41, 5.74) is 12.2. The van der Waals surface area contributed by atoms with E-state index in [1.807, 2.05) is 30.6 Å². The molecule has 5 heterocycles. The molecule has 5 heteroatoms. The third-order valence-electron chi connectivity index (χ3n) is 10.0. The Morgan fingerprint density at radius 2 is 1.08 bits per heavy atom. The topological polar surface area (TPSA) is 48.8 Å². The molecule has 0 N–H and O–H groups in total. The first kappa shape index (κ1) is 26.4. The van der Waals surface area contributed by atoms with Gasteiger partial charge in [0, 0.05) is 44.1 Å². The number of fused-ring (bicyclic) bond motifs is 10. The highest BCUT2D eigenvalue weighted by molar-refractivity contribution is 6.16. The molecular formula is C44H26N4O. The number of nitrogens with zero attached hydrogens (tertiary/aromatic N) is 4. The molecular weight excluding hydrogens is 601 g/mol. The van der Waals surface area contributed by atoms with Crippen LogP contribution in [0.5, 0.6) is 0 Å². The van der Waals surface area contributed by atoms with E-state index in [9.17, 15) is 0 Å². The van der Waals surface area contributed by atoms with E-state index in [2.05, 4.69) is 142 Å². The highest BCUT2D eigenvalue weighted by atomic mass is 16.3. The van der Waals surface area contributed by atoms with Crippen LogP contribution in [0.1, 0.15) is 0 Å². The van der Waals surface area contributed by atoms with E-state index in [0.717, 1.165) is 77.5 Å². The van der Waals surface area contributed by atoms with Gasteiger partial charge in [0.05, 0.1) is 50.7 Å². The third kappa shape index (κ3) is 3.70. The minimum absolute atomic E-state index is 0.864. The Balaban J connectivity index is 1.27. The summed E-state index contributed by atoms with van der Waals surface area (Å²) < 4.78 is 11.5. The highest BCUT2D eigenvalue weighted by Crippen LogP contribution is 2.44. The summed E-state index contributed by atoms with van der Waals surface area (Å²) in [7, 11) is 0. The summed E-state index contributed by atoms with van der Waals surface area (Å²) in [6.45, 7) is 0. The van der Waals surface area contributed by atoms with Crippen LogP contribution in [0.4, 0.5) is 0 Å². The highest BCUT2D eigenvalue weighted by Gasteiger charge is 2.22. The lowest BCUT2D eigenvalue weighted by Gasteiger charge is -2.15. The molecule has 0 atom stereocenters. The van der Waals surface area contributed by atoms with Crippen molar-refractivity contribution in [3.8, 4) is 22.5 Å². The maximum atomic E-state index is 6.80. The first-order chi connectivity index (χ1) is 24.3. The summed E-state index contributed by atoms with van der Waals surface area (Å²) >= 11 is 0. The van der Waals surface area contributed by atoms with E-state index >= 15 is 0 Å². The second-order valence-corrected chi connectivity index (χ2v) is 12.6. The fourth-order valence-electron chi connectivity index (χ4n) is 7.89. The Bertz CT molecular complexity index is 3070. The van der Waals surface area contributed by atoms with Crippen LogP contribution in [0, 0.1) is 0 Å². The van der Waals surface area contributed by atoms with Gasteiger partial charge in [0.1, 0.15) is 11.2 Å². The Kier molecular flexibility index (Phi) is 5.32. The van der Waals surface area contributed by atoms with Gasteiger partial charge in [0.2, 0.25) is 0 Å². The molecule has 5 aromatic heterocycles. The fourth-order valence-corrected chi connectivity index (χ4v) is 7.89. The van der Waals surface area contributed by atoms with E-state index < -0.39 is 0 Å². The van der Waals surface area contributed by atoms with Crippen molar-refractivity contribution in [1.29, 1.82) is 0 Å². The van der Waals surface area contributed by atoms with Gasteiger partial charge < -0.3 is 13.6 Å². The second-order valence-electron chi connectivity index (χ2n) is 12.6. The van der Waals surface area contributed by atoms with Crippen LogP contribution in [0.15, 0.2) is 162 Å². The lowest BCUT2D eigenvalue weighted by Crippen LogP contribution is -1.99. The maximum Gasteiger partial charge on any atom is 0.145 e. The van der Waals surface area contributed by atoms with Crippen molar-refractivity contribution in [3.63, 3.8) is 0 Å². The summed E-state index contributed by atoms with van der Waals surface area (Å²) in [6.07, 6.45) is 3.77. The normalized spacial score (nSPS) is 12.1. The predicted octanol–water partition coefficient (Wildman–Crippen LogP) is 11.4. The first-order valence-electron chi connectivity index (χ1n) is 16.5. The Hall–Kier alpha value is -6.72. The monoisotopic (exact) mass is 626 g/mol. The predicted molar refractivity (Wildman–Crippen MR) is 201 cm³/mol. The molecule has 0 bridgehead atoms. The number of aromatic nitrogens is 4. The summed E-state index contributed by atoms with van der Waals surface area (Å²) in [4.78, 5) is 9.43. The lowest BCUT2D eigenvalue weighted by molar-refractivity contribution is 0.670. The van der Waals surface area contributed by atoms with Crippen LogP contribution in [-0.2, 0) is 0 Å². The van der Waals surface area contributed by atoms with Crippen molar-refractivity contribution in [2.75, 3.05) is 0 Å². The second kappa shape index (κ2) is 9.89.